The van der Waals surface area contributed by atoms with Crippen LogP contribution < -0.4 is 0 Å². The molecule has 0 aliphatic carbocycles. The van der Waals surface area contributed by atoms with Crippen LogP contribution in [0.3, 0.4) is 0 Å². The van der Waals surface area contributed by atoms with Gasteiger partial charge in [-0.1, -0.05) is 6.92 Å². The predicted octanol–water partition coefficient (Wildman–Crippen LogP) is 0.894. The van der Waals surface area contributed by atoms with Gasteiger partial charge in [0.2, 0.25) is 0 Å². The lowest BCUT2D eigenvalue weighted by molar-refractivity contribution is -0.139. The van der Waals surface area contributed by atoms with Crippen molar-refractivity contribution < 1.29 is 14.6 Å². The molecule has 5 nitrogen and oxygen atoms in total. The normalized spacial score (nSPS) is 22.1. The first-order chi connectivity index (χ1) is 8.67. The van der Waals surface area contributed by atoms with Crippen LogP contribution in [0.2, 0.25) is 0 Å². The number of likely N-dealkylation sites (tertiary alicyclic amines) is 1. The van der Waals surface area contributed by atoms with E-state index in [1.807, 2.05) is 0 Å². The van der Waals surface area contributed by atoms with Gasteiger partial charge in [0.25, 0.3) is 0 Å². The molecule has 1 heterocycles. The molecule has 0 aromatic rings. The molecule has 1 saturated heterocycles. The number of aliphatic carboxylic acids is 1. The second kappa shape index (κ2) is 8.45. The van der Waals surface area contributed by atoms with Gasteiger partial charge in [-0.3, -0.25) is 9.69 Å². The van der Waals surface area contributed by atoms with Crippen LogP contribution in [0, 0.1) is 0 Å². The van der Waals surface area contributed by atoms with Crippen molar-refractivity contribution in [2.75, 3.05) is 46.4 Å². The van der Waals surface area contributed by atoms with Gasteiger partial charge >= 0.3 is 5.97 Å². The highest BCUT2D eigenvalue weighted by Gasteiger charge is 2.23. The zero-order valence-corrected chi connectivity index (χ0v) is 11.6. The van der Waals surface area contributed by atoms with E-state index in [-0.39, 0.29) is 6.54 Å². The summed E-state index contributed by atoms with van der Waals surface area (Å²) < 4.78 is 5.07. The minimum Gasteiger partial charge on any atom is -0.480 e. The average Bonchev–Trinajstić information content (AvgIpc) is 2.59. The summed E-state index contributed by atoms with van der Waals surface area (Å²) in [7, 11) is 1.66. The van der Waals surface area contributed by atoms with Gasteiger partial charge in [-0.2, -0.15) is 0 Å². The molecule has 0 amide bonds. The molecule has 18 heavy (non-hydrogen) atoms. The third-order valence-electron chi connectivity index (χ3n) is 3.67. The zero-order valence-electron chi connectivity index (χ0n) is 11.6. The van der Waals surface area contributed by atoms with Crippen molar-refractivity contribution in [1.82, 2.24) is 9.80 Å². The molecule has 106 valence electrons. The number of hydrogen-bond donors (Lipinski definition) is 1. The molecule has 1 fully saturated rings. The first-order valence-corrected chi connectivity index (χ1v) is 6.84. The Kier molecular flexibility index (Phi) is 7.23. The summed E-state index contributed by atoms with van der Waals surface area (Å²) >= 11 is 0. The van der Waals surface area contributed by atoms with Crippen LogP contribution in [-0.2, 0) is 9.53 Å². The summed E-state index contributed by atoms with van der Waals surface area (Å²) in [4.78, 5) is 15.4. The third-order valence-corrected chi connectivity index (χ3v) is 3.67. The van der Waals surface area contributed by atoms with Crippen molar-refractivity contribution in [2.45, 2.75) is 32.2 Å². The number of carboxylic acids is 1. The zero-order chi connectivity index (χ0) is 13.4. The average molecular weight is 258 g/mol. The maximum atomic E-state index is 10.9. The fourth-order valence-electron chi connectivity index (χ4n) is 2.59. The fourth-order valence-corrected chi connectivity index (χ4v) is 2.59. The second-order valence-corrected chi connectivity index (χ2v) is 4.88. The van der Waals surface area contributed by atoms with Crippen LogP contribution in [0.5, 0.6) is 0 Å². The fraction of sp³-hybridized carbons (Fsp3) is 0.923. The highest BCUT2D eigenvalue weighted by molar-refractivity contribution is 5.69. The highest BCUT2D eigenvalue weighted by Crippen LogP contribution is 2.16. The summed E-state index contributed by atoms with van der Waals surface area (Å²) in [5.41, 5.74) is 0. The molecule has 0 aromatic carbocycles. The second-order valence-electron chi connectivity index (χ2n) is 4.88. The number of ether oxygens (including phenoxy) is 1. The maximum Gasteiger partial charge on any atom is 0.317 e. The monoisotopic (exact) mass is 258 g/mol. The molecule has 0 saturated carbocycles. The minimum atomic E-state index is -0.748. The summed E-state index contributed by atoms with van der Waals surface area (Å²) in [5.74, 6) is -0.748. The molecule has 1 aliphatic heterocycles. The lowest BCUT2D eigenvalue weighted by atomic mass is 10.1. The van der Waals surface area contributed by atoms with Gasteiger partial charge in [0, 0.05) is 19.7 Å². The summed E-state index contributed by atoms with van der Waals surface area (Å²) in [6.45, 7) is 6.91. The van der Waals surface area contributed by atoms with Gasteiger partial charge < -0.3 is 14.7 Å². The third kappa shape index (κ3) is 5.33. The lowest BCUT2D eigenvalue weighted by Crippen LogP contribution is -2.41. The van der Waals surface area contributed by atoms with Crippen molar-refractivity contribution >= 4 is 5.97 Å². The molecule has 0 bridgehead atoms. The Morgan fingerprint density at radius 3 is 2.83 bits per heavy atom. The van der Waals surface area contributed by atoms with E-state index in [0.29, 0.717) is 19.2 Å². The van der Waals surface area contributed by atoms with Crippen molar-refractivity contribution in [3.05, 3.63) is 0 Å². The Labute approximate surface area is 110 Å². The number of carboxylic acid groups (broad SMARTS) is 1. The van der Waals surface area contributed by atoms with E-state index < -0.39 is 5.97 Å². The first kappa shape index (κ1) is 15.4. The van der Waals surface area contributed by atoms with E-state index in [4.69, 9.17) is 9.84 Å². The standard InChI is InChI=1S/C13H26N2O3/c1-3-14-7-4-5-12(6-8-14)15(9-10-18-2)11-13(16)17/h12H,3-11H2,1-2H3,(H,16,17). The quantitative estimate of drug-likeness (QED) is 0.735. The van der Waals surface area contributed by atoms with Crippen LogP contribution in [0.15, 0.2) is 0 Å². The molecule has 1 atom stereocenters. The van der Waals surface area contributed by atoms with E-state index in [0.717, 1.165) is 38.9 Å². The van der Waals surface area contributed by atoms with E-state index in [9.17, 15) is 4.79 Å². The molecule has 0 aromatic heterocycles. The van der Waals surface area contributed by atoms with Gasteiger partial charge in [0.1, 0.15) is 0 Å². The molecule has 1 rings (SSSR count). The Bertz CT molecular complexity index is 248. The highest BCUT2D eigenvalue weighted by atomic mass is 16.5. The molecular formula is C13H26N2O3. The molecular weight excluding hydrogens is 232 g/mol. The first-order valence-electron chi connectivity index (χ1n) is 6.84. The minimum absolute atomic E-state index is 0.125. The molecule has 0 spiro atoms. The van der Waals surface area contributed by atoms with Crippen LogP contribution in [0.4, 0.5) is 0 Å². The van der Waals surface area contributed by atoms with Crippen molar-refractivity contribution in [1.29, 1.82) is 0 Å². The predicted molar refractivity (Wildman–Crippen MR) is 70.8 cm³/mol. The van der Waals surface area contributed by atoms with E-state index in [1.165, 1.54) is 0 Å². The van der Waals surface area contributed by atoms with Crippen molar-refractivity contribution in [2.24, 2.45) is 0 Å². The number of rotatable bonds is 7. The smallest absolute Gasteiger partial charge is 0.317 e. The van der Waals surface area contributed by atoms with Crippen molar-refractivity contribution in [3.63, 3.8) is 0 Å². The number of methoxy groups -OCH3 is 1. The number of carbonyl (C=O) groups is 1. The van der Waals surface area contributed by atoms with Gasteiger partial charge in [0.05, 0.1) is 13.2 Å². The molecule has 1 N–H and O–H groups in total. The lowest BCUT2D eigenvalue weighted by Gasteiger charge is -2.29. The van der Waals surface area contributed by atoms with E-state index >= 15 is 0 Å². The Morgan fingerprint density at radius 2 is 2.22 bits per heavy atom. The van der Waals surface area contributed by atoms with Crippen molar-refractivity contribution in [3.8, 4) is 0 Å². The van der Waals surface area contributed by atoms with Gasteiger partial charge in [-0.15, -0.1) is 0 Å². The molecule has 5 heteroatoms. The van der Waals surface area contributed by atoms with Crippen LogP contribution in [0.1, 0.15) is 26.2 Å². The maximum absolute atomic E-state index is 10.9. The largest absolute Gasteiger partial charge is 0.480 e. The Balaban J connectivity index is 2.51. The molecule has 0 radical (unpaired) electrons. The summed E-state index contributed by atoms with van der Waals surface area (Å²) in [6.07, 6.45) is 3.31. The van der Waals surface area contributed by atoms with Crippen LogP contribution >= 0.6 is 0 Å². The SMILES string of the molecule is CCN1CCCC(N(CCOC)CC(=O)O)CC1. The van der Waals surface area contributed by atoms with Gasteiger partial charge in [0.15, 0.2) is 0 Å². The van der Waals surface area contributed by atoms with E-state index in [2.05, 4.69) is 16.7 Å². The van der Waals surface area contributed by atoms with Gasteiger partial charge in [-0.25, -0.2) is 0 Å². The topological polar surface area (TPSA) is 53.0 Å². The Hall–Kier alpha value is -0.650. The number of nitrogens with zero attached hydrogens (tertiary/aromatic N) is 2. The van der Waals surface area contributed by atoms with Crippen LogP contribution in [-0.4, -0.2) is 73.4 Å². The molecule has 1 aliphatic rings. The number of hydrogen-bond acceptors (Lipinski definition) is 4. The van der Waals surface area contributed by atoms with Crippen LogP contribution in [0.25, 0.3) is 0 Å². The summed E-state index contributed by atoms with van der Waals surface area (Å²) in [6, 6.07) is 0.382. The molecule has 1 unspecified atom stereocenters. The van der Waals surface area contributed by atoms with E-state index in [1.54, 1.807) is 7.11 Å². The summed E-state index contributed by atoms with van der Waals surface area (Å²) in [5, 5.41) is 8.99. The van der Waals surface area contributed by atoms with Gasteiger partial charge in [-0.05, 0) is 38.9 Å². The Morgan fingerprint density at radius 1 is 1.44 bits per heavy atom.